The molecular weight excluding hydrogens is 293 g/mol. The molecule has 114 valence electrons. The van der Waals surface area contributed by atoms with E-state index >= 15 is 0 Å². The number of halogens is 3. The Balaban J connectivity index is 2.52. The second-order valence-corrected chi connectivity index (χ2v) is 4.71. The molecule has 0 atom stereocenters. The number of nitro groups is 1. The van der Waals surface area contributed by atoms with Gasteiger partial charge in [0.1, 0.15) is 17.8 Å². The van der Waals surface area contributed by atoms with Crippen LogP contribution in [0.2, 0.25) is 0 Å². The van der Waals surface area contributed by atoms with Crippen LogP contribution in [0.3, 0.4) is 0 Å². The minimum absolute atomic E-state index is 0.306. The fourth-order valence-corrected chi connectivity index (χ4v) is 2.12. The van der Waals surface area contributed by atoms with Gasteiger partial charge in [-0.2, -0.15) is 13.2 Å². The molecule has 1 aliphatic rings. The lowest BCUT2D eigenvalue weighted by molar-refractivity contribution is -0.384. The highest BCUT2D eigenvalue weighted by atomic mass is 19.4. The number of carboxylic acid groups (broad SMARTS) is 1. The van der Waals surface area contributed by atoms with Crippen LogP contribution in [0.5, 0.6) is 0 Å². The zero-order valence-corrected chi connectivity index (χ0v) is 10.6. The zero-order chi connectivity index (χ0) is 15.8. The van der Waals surface area contributed by atoms with E-state index < -0.39 is 40.9 Å². The molecule has 0 aromatic heterocycles. The molecule has 0 saturated heterocycles. The molecule has 0 radical (unpaired) electrons. The number of para-hydroxylation sites is 1. The Morgan fingerprint density at radius 2 is 2.05 bits per heavy atom. The van der Waals surface area contributed by atoms with Crippen LogP contribution in [0.15, 0.2) is 18.2 Å². The van der Waals surface area contributed by atoms with Crippen LogP contribution in [0.4, 0.5) is 24.5 Å². The van der Waals surface area contributed by atoms with Crippen LogP contribution in [0.1, 0.15) is 23.2 Å². The van der Waals surface area contributed by atoms with E-state index in [1.165, 1.54) is 6.07 Å². The van der Waals surface area contributed by atoms with Crippen molar-refractivity contribution >= 4 is 17.3 Å². The Bertz CT molecular complexity index is 584. The first kappa shape index (κ1) is 15.1. The van der Waals surface area contributed by atoms with Gasteiger partial charge in [-0.15, -0.1) is 0 Å². The number of carbonyl (C=O) groups is 1. The summed E-state index contributed by atoms with van der Waals surface area (Å²) in [5.74, 6) is -1.55. The van der Waals surface area contributed by atoms with Gasteiger partial charge in [-0.3, -0.25) is 10.1 Å². The van der Waals surface area contributed by atoms with Crippen molar-refractivity contribution in [3.8, 4) is 0 Å². The van der Waals surface area contributed by atoms with E-state index in [0.717, 1.165) is 17.0 Å². The lowest BCUT2D eigenvalue weighted by Crippen LogP contribution is -2.36. The van der Waals surface area contributed by atoms with Crippen LogP contribution in [0, 0.1) is 10.1 Å². The maximum absolute atomic E-state index is 12.6. The quantitative estimate of drug-likeness (QED) is 0.668. The van der Waals surface area contributed by atoms with Crippen molar-refractivity contribution in [1.29, 1.82) is 0 Å². The van der Waals surface area contributed by atoms with Gasteiger partial charge in [0.2, 0.25) is 0 Å². The molecule has 6 nitrogen and oxygen atoms in total. The van der Waals surface area contributed by atoms with Crippen molar-refractivity contribution in [3.63, 3.8) is 0 Å². The molecule has 1 N–H and O–H groups in total. The summed E-state index contributed by atoms with van der Waals surface area (Å²) in [4.78, 5) is 22.0. The molecule has 1 aromatic rings. The van der Waals surface area contributed by atoms with E-state index in [2.05, 4.69) is 0 Å². The predicted octanol–water partition coefficient (Wildman–Crippen LogP) is 2.82. The number of alkyl halides is 3. The summed E-state index contributed by atoms with van der Waals surface area (Å²) >= 11 is 0. The van der Waals surface area contributed by atoms with Gasteiger partial charge in [-0.25, -0.2) is 4.79 Å². The van der Waals surface area contributed by atoms with E-state index in [1.807, 2.05) is 0 Å². The molecular formula is C12H11F3N2O4. The molecule has 21 heavy (non-hydrogen) atoms. The van der Waals surface area contributed by atoms with Gasteiger partial charge in [-0.1, -0.05) is 6.07 Å². The van der Waals surface area contributed by atoms with Gasteiger partial charge in [0.25, 0.3) is 0 Å². The minimum Gasteiger partial charge on any atom is -0.477 e. The summed E-state index contributed by atoms with van der Waals surface area (Å²) in [6.45, 7) is -1.35. The second-order valence-electron chi connectivity index (χ2n) is 4.71. The van der Waals surface area contributed by atoms with Gasteiger partial charge in [0, 0.05) is 6.04 Å². The number of benzene rings is 1. The normalized spacial score (nSPS) is 14.8. The molecule has 0 unspecified atom stereocenters. The number of rotatable bonds is 5. The molecule has 1 saturated carbocycles. The highest BCUT2D eigenvalue weighted by Crippen LogP contribution is 2.40. The fraction of sp³-hybridized carbons (Fsp3) is 0.417. The number of anilines is 1. The van der Waals surface area contributed by atoms with Crippen LogP contribution in [-0.2, 0) is 0 Å². The summed E-state index contributed by atoms with van der Waals surface area (Å²) in [5, 5.41) is 20.1. The molecule has 1 aromatic carbocycles. The number of aromatic carboxylic acids is 1. The predicted molar refractivity (Wildman–Crippen MR) is 66.5 cm³/mol. The van der Waals surface area contributed by atoms with E-state index in [-0.39, 0.29) is 5.69 Å². The third kappa shape index (κ3) is 3.41. The lowest BCUT2D eigenvalue weighted by Gasteiger charge is -2.25. The van der Waals surface area contributed by atoms with E-state index in [1.54, 1.807) is 0 Å². The van der Waals surface area contributed by atoms with Crippen molar-refractivity contribution in [2.45, 2.75) is 25.1 Å². The summed E-state index contributed by atoms with van der Waals surface area (Å²) in [6, 6.07) is 2.91. The first-order valence-corrected chi connectivity index (χ1v) is 6.05. The molecule has 0 aliphatic heterocycles. The number of hydrogen-bond donors (Lipinski definition) is 1. The van der Waals surface area contributed by atoms with Gasteiger partial charge in [0.05, 0.1) is 4.92 Å². The van der Waals surface area contributed by atoms with Crippen LogP contribution < -0.4 is 4.90 Å². The topological polar surface area (TPSA) is 83.7 Å². The Morgan fingerprint density at radius 3 is 2.48 bits per heavy atom. The standard InChI is InChI=1S/C12H11F3N2O4/c13-12(14,15)6-16(7-4-5-7)9-3-1-2-8(11(18)19)10(9)17(20)21/h1-3,7H,4-6H2,(H,18,19). The van der Waals surface area contributed by atoms with Crippen molar-refractivity contribution < 1.29 is 28.0 Å². The Hall–Kier alpha value is -2.32. The molecule has 1 aliphatic carbocycles. The Labute approximate surface area is 116 Å². The summed E-state index contributed by atoms with van der Waals surface area (Å²) < 4.78 is 37.9. The number of nitro benzene ring substituents is 1. The molecule has 9 heteroatoms. The van der Waals surface area contributed by atoms with E-state index in [0.29, 0.717) is 12.8 Å². The van der Waals surface area contributed by atoms with Crippen molar-refractivity contribution in [2.24, 2.45) is 0 Å². The van der Waals surface area contributed by atoms with Crippen molar-refractivity contribution in [1.82, 2.24) is 0 Å². The molecule has 1 fully saturated rings. The number of nitrogens with zero attached hydrogens (tertiary/aromatic N) is 2. The number of hydrogen-bond acceptors (Lipinski definition) is 4. The third-order valence-corrected chi connectivity index (χ3v) is 3.07. The highest BCUT2D eigenvalue weighted by Gasteiger charge is 2.41. The second kappa shape index (κ2) is 5.23. The molecule has 2 rings (SSSR count). The zero-order valence-electron chi connectivity index (χ0n) is 10.6. The largest absolute Gasteiger partial charge is 0.477 e. The first-order chi connectivity index (χ1) is 9.70. The molecule has 0 heterocycles. The SMILES string of the molecule is O=C(O)c1cccc(N(CC(F)(F)F)C2CC2)c1[N+](=O)[O-]. The van der Waals surface area contributed by atoms with Gasteiger partial charge >= 0.3 is 17.8 Å². The number of carboxylic acids is 1. The third-order valence-electron chi connectivity index (χ3n) is 3.07. The average Bonchev–Trinajstić information content (AvgIpc) is 3.18. The van der Waals surface area contributed by atoms with Gasteiger partial charge in [0.15, 0.2) is 0 Å². The van der Waals surface area contributed by atoms with Crippen molar-refractivity contribution in [2.75, 3.05) is 11.4 Å². The monoisotopic (exact) mass is 304 g/mol. The van der Waals surface area contributed by atoms with E-state index in [4.69, 9.17) is 5.11 Å². The fourth-order valence-electron chi connectivity index (χ4n) is 2.12. The summed E-state index contributed by atoms with van der Waals surface area (Å²) in [7, 11) is 0. The Morgan fingerprint density at radius 1 is 1.43 bits per heavy atom. The summed E-state index contributed by atoms with van der Waals surface area (Å²) in [6.07, 6.45) is -3.55. The van der Waals surface area contributed by atoms with Crippen molar-refractivity contribution in [3.05, 3.63) is 33.9 Å². The molecule has 0 spiro atoms. The van der Waals surface area contributed by atoms with Crippen LogP contribution in [-0.4, -0.2) is 34.8 Å². The lowest BCUT2D eigenvalue weighted by atomic mass is 10.1. The molecule has 0 amide bonds. The maximum Gasteiger partial charge on any atom is 0.405 e. The smallest absolute Gasteiger partial charge is 0.405 e. The molecule has 0 bridgehead atoms. The van der Waals surface area contributed by atoms with E-state index in [9.17, 15) is 28.1 Å². The Kier molecular flexibility index (Phi) is 3.75. The maximum atomic E-state index is 12.6. The average molecular weight is 304 g/mol. The minimum atomic E-state index is -4.53. The highest BCUT2D eigenvalue weighted by molar-refractivity contribution is 5.95. The van der Waals surface area contributed by atoms with Crippen LogP contribution >= 0.6 is 0 Å². The first-order valence-electron chi connectivity index (χ1n) is 6.05. The van der Waals surface area contributed by atoms with Gasteiger partial charge in [-0.05, 0) is 25.0 Å². The summed E-state index contributed by atoms with van der Waals surface area (Å²) in [5.41, 5.74) is -1.73. The van der Waals surface area contributed by atoms with Gasteiger partial charge < -0.3 is 10.0 Å². The van der Waals surface area contributed by atoms with Crippen LogP contribution in [0.25, 0.3) is 0 Å².